The highest BCUT2D eigenvalue weighted by Crippen LogP contribution is 2.32. The first-order valence-corrected chi connectivity index (χ1v) is 8.25. The summed E-state index contributed by atoms with van der Waals surface area (Å²) >= 11 is 0. The minimum atomic E-state index is -0.975. The second kappa shape index (κ2) is 6.75. The number of nitrogens with zero attached hydrogens (tertiary/aromatic N) is 3. The number of rotatable bonds is 3. The zero-order chi connectivity index (χ0) is 19.8. The van der Waals surface area contributed by atoms with E-state index in [2.05, 4.69) is 25.3 Å². The number of hydrogen-bond acceptors (Lipinski definition) is 4. The van der Waals surface area contributed by atoms with Gasteiger partial charge in [-0.05, 0) is 26.8 Å². The van der Waals surface area contributed by atoms with Crippen LogP contribution in [-0.4, -0.2) is 27.5 Å². The molecule has 0 saturated heterocycles. The van der Waals surface area contributed by atoms with Crippen LogP contribution in [0.4, 0.5) is 10.2 Å². The molecule has 9 heteroatoms. The first-order chi connectivity index (χ1) is 12.7. The van der Waals surface area contributed by atoms with Gasteiger partial charge in [-0.2, -0.15) is 0 Å². The number of aliphatic imine (C=N–C) groups is 2. The van der Waals surface area contributed by atoms with Gasteiger partial charge in [0.25, 0.3) is 5.56 Å². The van der Waals surface area contributed by atoms with Crippen molar-refractivity contribution in [2.24, 2.45) is 15.7 Å². The number of aromatic nitrogens is 2. The highest BCUT2D eigenvalue weighted by molar-refractivity contribution is 6.06. The third-order valence-electron chi connectivity index (χ3n) is 4.30. The molecule has 2 aromatic rings. The Balaban J connectivity index is 1.87. The predicted octanol–water partition coefficient (Wildman–Crippen LogP) is 1.46. The van der Waals surface area contributed by atoms with Gasteiger partial charge in [-0.25, -0.2) is 14.4 Å². The topological polar surface area (TPSA) is 126 Å². The van der Waals surface area contributed by atoms with Crippen LogP contribution in [0.1, 0.15) is 37.7 Å². The van der Waals surface area contributed by atoms with E-state index in [-0.39, 0.29) is 41.3 Å². The molecule has 8 nitrogen and oxygen atoms in total. The van der Waals surface area contributed by atoms with Crippen LogP contribution < -0.4 is 16.6 Å². The Morgan fingerprint density at radius 3 is 2.70 bits per heavy atom. The number of H-pyrrole nitrogens is 1. The number of halogens is 1. The lowest BCUT2D eigenvalue weighted by atomic mass is 9.88. The lowest BCUT2D eigenvalue weighted by Gasteiger charge is -2.13. The van der Waals surface area contributed by atoms with Crippen LogP contribution in [0.15, 0.2) is 39.0 Å². The highest BCUT2D eigenvalue weighted by Gasteiger charge is 2.42. The monoisotopic (exact) mass is 370 g/mol. The molecule has 27 heavy (non-hydrogen) atoms. The fraction of sp³-hybridized carbons (Fsp3) is 0.278. The van der Waals surface area contributed by atoms with E-state index in [4.69, 9.17) is 5.73 Å². The molecule has 1 aliphatic rings. The summed E-state index contributed by atoms with van der Waals surface area (Å²) in [5.74, 6) is -0.244. The Hall–Kier alpha value is -3.36. The SMILES string of the molecule is CC(=NCc1ccccc1F)N=C(N)c1nc2c(c(=O)[nH]1)C(C)(C)C(=O)N2. The molecule has 0 spiro atoms. The predicted molar refractivity (Wildman–Crippen MR) is 100 cm³/mol. The van der Waals surface area contributed by atoms with E-state index in [1.807, 2.05) is 0 Å². The van der Waals surface area contributed by atoms with Crippen molar-refractivity contribution >= 4 is 23.4 Å². The van der Waals surface area contributed by atoms with Crippen molar-refractivity contribution in [3.8, 4) is 0 Å². The Bertz CT molecular complexity index is 1040. The fourth-order valence-electron chi connectivity index (χ4n) is 2.73. The molecular formula is C18H19FN6O2. The van der Waals surface area contributed by atoms with E-state index in [9.17, 15) is 14.0 Å². The van der Waals surface area contributed by atoms with Gasteiger partial charge in [0.1, 0.15) is 17.5 Å². The minimum absolute atomic E-state index is 0.0252. The van der Waals surface area contributed by atoms with Crippen LogP contribution in [0, 0.1) is 5.82 Å². The minimum Gasteiger partial charge on any atom is -0.381 e. The Labute approximate surface area is 154 Å². The molecule has 140 valence electrons. The Morgan fingerprint density at radius 2 is 2.00 bits per heavy atom. The number of carbonyl (C=O) groups is 1. The first kappa shape index (κ1) is 18.4. The molecule has 0 atom stereocenters. The zero-order valence-electron chi connectivity index (χ0n) is 15.1. The number of nitrogens with one attached hydrogen (secondary N) is 2. The third-order valence-corrected chi connectivity index (χ3v) is 4.30. The maximum Gasteiger partial charge on any atom is 0.257 e. The molecule has 0 bridgehead atoms. The number of amides is 1. The summed E-state index contributed by atoms with van der Waals surface area (Å²) in [6.07, 6.45) is 0. The lowest BCUT2D eigenvalue weighted by Crippen LogP contribution is -2.32. The summed E-state index contributed by atoms with van der Waals surface area (Å²) in [5, 5.41) is 2.58. The zero-order valence-corrected chi connectivity index (χ0v) is 15.1. The summed E-state index contributed by atoms with van der Waals surface area (Å²) in [6, 6.07) is 6.30. The number of anilines is 1. The van der Waals surface area contributed by atoms with Gasteiger partial charge < -0.3 is 16.0 Å². The fourth-order valence-corrected chi connectivity index (χ4v) is 2.73. The maximum atomic E-state index is 13.6. The maximum absolute atomic E-state index is 13.6. The van der Waals surface area contributed by atoms with E-state index >= 15 is 0 Å². The van der Waals surface area contributed by atoms with Gasteiger partial charge in [0.2, 0.25) is 5.91 Å². The molecule has 2 heterocycles. The van der Waals surface area contributed by atoms with Gasteiger partial charge in [-0.3, -0.25) is 14.6 Å². The van der Waals surface area contributed by atoms with Gasteiger partial charge in [-0.15, -0.1) is 0 Å². The molecule has 0 aliphatic carbocycles. The third kappa shape index (κ3) is 3.48. The second-order valence-electron chi connectivity index (χ2n) is 6.67. The molecule has 1 amide bonds. The molecule has 0 saturated carbocycles. The number of benzene rings is 1. The van der Waals surface area contributed by atoms with E-state index in [0.29, 0.717) is 11.4 Å². The van der Waals surface area contributed by atoms with Crippen molar-refractivity contribution in [1.82, 2.24) is 9.97 Å². The number of carbonyl (C=O) groups excluding carboxylic acids is 1. The molecule has 1 aromatic heterocycles. The number of amidine groups is 2. The summed E-state index contributed by atoms with van der Waals surface area (Å²) in [5.41, 5.74) is 5.16. The van der Waals surface area contributed by atoms with Crippen molar-refractivity contribution in [2.45, 2.75) is 32.7 Å². The van der Waals surface area contributed by atoms with Crippen molar-refractivity contribution in [2.75, 3.05) is 5.32 Å². The lowest BCUT2D eigenvalue weighted by molar-refractivity contribution is -0.119. The molecule has 1 aromatic carbocycles. The van der Waals surface area contributed by atoms with Crippen LogP contribution in [0.3, 0.4) is 0 Å². The van der Waals surface area contributed by atoms with Crippen LogP contribution in [0.5, 0.6) is 0 Å². The standard InChI is InChI=1S/C18H19FN6O2/c1-9(21-8-10-6-4-5-7-11(10)19)22-13(20)15-23-14-12(16(26)24-15)18(2,3)17(27)25-14/h4-7H,8H2,1-3H3,(H2,20,21,22)(H2,23,24,25,26,27). The van der Waals surface area contributed by atoms with Crippen molar-refractivity contribution < 1.29 is 9.18 Å². The summed E-state index contributed by atoms with van der Waals surface area (Å²) < 4.78 is 13.6. The summed E-state index contributed by atoms with van der Waals surface area (Å²) in [6.45, 7) is 4.99. The average molecular weight is 370 g/mol. The van der Waals surface area contributed by atoms with Gasteiger partial charge in [0.15, 0.2) is 11.7 Å². The van der Waals surface area contributed by atoms with Gasteiger partial charge in [0, 0.05) is 5.56 Å². The summed E-state index contributed by atoms with van der Waals surface area (Å²) in [4.78, 5) is 39.3. The normalized spacial score (nSPS) is 16.2. The van der Waals surface area contributed by atoms with E-state index in [1.54, 1.807) is 39.0 Å². The highest BCUT2D eigenvalue weighted by atomic mass is 19.1. The van der Waals surface area contributed by atoms with E-state index in [1.165, 1.54) is 6.07 Å². The Kier molecular flexibility index (Phi) is 4.61. The quantitative estimate of drug-likeness (QED) is 0.558. The summed E-state index contributed by atoms with van der Waals surface area (Å²) in [7, 11) is 0. The van der Waals surface area contributed by atoms with Crippen molar-refractivity contribution in [3.05, 3.63) is 57.4 Å². The van der Waals surface area contributed by atoms with E-state index in [0.717, 1.165) is 0 Å². The van der Waals surface area contributed by atoms with Gasteiger partial charge in [-0.1, -0.05) is 18.2 Å². The van der Waals surface area contributed by atoms with Crippen molar-refractivity contribution in [3.63, 3.8) is 0 Å². The molecule has 3 rings (SSSR count). The molecule has 0 radical (unpaired) electrons. The Morgan fingerprint density at radius 1 is 1.30 bits per heavy atom. The van der Waals surface area contributed by atoms with Crippen LogP contribution in [0.25, 0.3) is 0 Å². The van der Waals surface area contributed by atoms with Crippen LogP contribution >= 0.6 is 0 Å². The molecule has 4 N–H and O–H groups in total. The largest absolute Gasteiger partial charge is 0.381 e. The number of hydrogen-bond donors (Lipinski definition) is 3. The van der Waals surface area contributed by atoms with Crippen LogP contribution in [0.2, 0.25) is 0 Å². The first-order valence-electron chi connectivity index (χ1n) is 8.25. The molecule has 1 aliphatic heterocycles. The van der Waals surface area contributed by atoms with Gasteiger partial charge >= 0.3 is 0 Å². The smallest absolute Gasteiger partial charge is 0.257 e. The molecule has 0 unspecified atom stereocenters. The van der Waals surface area contributed by atoms with Crippen LogP contribution in [-0.2, 0) is 16.8 Å². The number of aromatic amines is 1. The number of nitrogens with two attached hydrogens (primary N) is 1. The van der Waals surface area contributed by atoms with Gasteiger partial charge in [0.05, 0.1) is 17.5 Å². The average Bonchev–Trinajstić information content (AvgIpc) is 2.83. The molecule has 0 fully saturated rings. The van der Waals surface area contributed by atoms with E-state index < -0.39 is 11.0 Å². The number of fused-ring (bicyclic) bond motifs is 1. The molecular weight excluding hydrogens is 351 g/mol. The van der Waals surface area contributed by atoms with Crippen molar-refractivity contribution in [1.29, 1.82) is 0 Å². The second-order valence-corrected chi connectivity index (χ2v) is 6.67.